The van der Waals surface area contributed by atoms with E-state index >= 15 is 0 Å². The van der Waals surface area contributed by atoms with Gasteiger partial charge in [0.1, 0.15) is 6.10 Å². The Morgan fingerprint density at radius 2 is 2.41 bits per heavy atom. The van der Waals surface area contributed by atoms with Crippen molar-refractivity contribution in [3.63, 3.8) is 0 Å². The molecule has 0 saturated carbocycles. The molecule has 1 spiro atoms. The molecule has 0 amide bonds. The third kappa shape index (κ3) is 2.13. The van der Waals surface area contributed by atoms with Crippen molar-refractivity contribution < 1.29 is 9.13 Å². The monoisotopic (exact) mass is 254 g/mol. The summed E-state index contributed by atoms with van der Waals surface area (Å²) in [6, 6.07) is 2.96. The van der Waals surface area contributed by atoms with E-state index < -0.39 is 0 Å². The van der Waals surface area contributed by atoms with E-state index in [1.54, 1.807) is 12.3 Å². The van der Waals surface area contributed by atoms with Crippen LogP contribution in [0.25, 0.3) is 0 Å². The second kappa shape index (κ2) is 4.14. The molecule has 1 atom stereocenters. The van der Waals surface area contributed by atoms with E-state index in [9.17, 15) is 4.39 Å². The smallest absolute Gasteiger partial charge is 0.250 e. The first kappa shape index (κ1) is 11.3. The molecule has 0 bridgehead atoms. The lowest BCUT2D eigenvalue weighted by Crippen LogP contribution is -2.56. The van der Waals surface area contributed by atoms with Crippen LogP contribution in [0.15, 0.2) is 18.3 Å². The van der Waals surface area contributed by atoms with E-state index in [4.69, 9.17) is 4.74 Å². The SMILES string of the molecule is CN1CC2(C[C@@H](Oc3ncccc3F)CS2)C1. The number of pyridine rings is 1. The van der Waals surface area contributed by atoms with Gasteiger partial charge in [-0.3, -0.25) is 0 Å². The standard InChI is InChI=1S/C12H15FN2OS/c1-15-7-12(8-15)5-9(6-17-12)16-11-10(13)3-2-4-14-11/h2-4,9H,5-8H2,1H3/t9-/m1/s1. The van der Waals surface area contributed by atoms with Gasteiger partial charge in [0, 0.05) is 36.2 Å². The molecular weight excluding hydrogens is 239 g/mol. The highest BCUT2D eigenvalue weighted by molar-refractivity contribution is 8.01. The van der Waals surface area contributed by atoms with Crippen molar-refractivity contribution in [2.45, 2.75) is 17.3 Å². The van der Waals surface area contributed by atoms with Gasteiger partial charge in [-0.1, -0.05) is 0 Å². The molecule has 3 heterocycles. The summed E-state index contributed by atoms with van der Waals surface area (Å²) in [4.78, 5) is 6.23. The molecule has 2 fully saturated rings. The summed E-state index contributed by atoms with van der Waals surface area (Å²) in [5.41, 5.74) is 0. The minimum Gasteiger partial charge on any atom is -0.471 e. The molecule has 0 unspecified atom stereocenters. The predicted octanol–water partition coefficient (Wildman–Crippen LogP) is 1.79. The van der Waals surface area contributed by atoms with Crippen LogP contribution in [0.3, 0.4) is 0 Å². The summed E-state index contributed by atoms with van der Waals surface area (Å²) < 4.78 is 19.4. The fraction of sp³-hybridized carbons (Fsp3) is 0.583. The molecule has 5 heteroatoms. The van der Waals surface area contributed by atoms with Crippen molar-refractivity contribution in [3.8, 4) is 5.88 Å². The van der Waals surface area contributed by atoms with Crippen molar-refractivity contribution >= 4 is 11.8 Å². The summed E-state index contributed by atoms with van der Waals surface area (Å²) in [6.45, 7) is 2.23. The van der Waals surface area contributed by atoms with E-state index in [1.807, 2.05) is 11.8 Å². The molecule has 0 aliphatic carbocycles. The Hall–Kier alpha value is -0.810. The van der Waals surface area contributed by atoms with Crippen LogP contribution in [0.2, 0.25) is 0 Å². The summed E-state index contributed by atoms with van der Waals surface area (Å²) >= 11 is 1.95. The van der Waals surface area contributed by atoms with E-state index in [2.05, 4.69) is 16.9 Å². The van der Waals surface area contributed by atoms with Gasteiger partial charge >= 0.3 is 0 Å². The van der Waals surface area contributed by atoms with Crippen LogP contribution in [0, 0.1) is 5.82 Å². The van der Waals surface area contributed by atoms with Crippen LogP contribution in [0.5, 0.6) is 5.88 Å². The van der Waals surface area contributed by atoms with Gasteiger partial charge in [-0.15, -0.1) is 11.8 Å². The average Bonchev–Trinajstić information content (AvgIpc) is 2.65. The lowest BCUT2D eigenvalue weighted by Gasteiger charge is -2.45. The Kier molecular flexibility index (Phi) is 2.75. The van der Waals surface area contributed by atoms with Crippen LogP contribution < -0.4 is 4.74 Å². The number of likely N-dealkylation sites (tertiary alicyclic amines) is 1. The second-order valence-electron chi connectivity index (χ2n) is 4.90. The molecule has 0 radical (unpaired) electrons. The minimum absolute atomic E-state index is 0.0955. The first-order valence-electron chi connectivity index (χ1n) is 5.77. The molecule has 3 nitrogen and oxygen atoms in total. The van der Waals surface area contributed by atoms with Gasteiger partial charge in [-0.2, -0.15) is 0 Å². The molecule has 1 aromatic rings. The molecule has 92 valence electrons. The predicted molar refractivity (Wildman–Crippen MR) is 65.9 cm³/mol. The summed E-state index contributed by atoms with van der Waals surface area (Å²) in [7, 11) is 2.12. The van der Waals surface area contributed by atoms with E-state index in [-0.39, 0.29) is 17.8 Å². The molecule has 0 N–H and O–H groups in total. The summed E-state index contributed by atoms with van der Waals surface area (Å²) in [5, 5.41) is 0. The maximum atomic E-state index is 13.4. The molecule has 17 heavy (non-hydrogen) atoms. The number of thioether (sulfide) groups is 1. The molecule has 1 aromatic heterocycles. The molecule has 2 saturated heterocycles. The Morgan fingerprint density at radius 3 is 3.12 bits per heavy atom. The Balaban J connectivity index is 1.63. The first-order chi connectivity index (χ1) is 8.17. The van der Waals surface area contributed by atoms with Gasteiger partial charge in [-0.05, 0) is 19.2 Å². The lowest BCUT2D eigenvalue weighted by atomic mass is 9.94. The number of rotatable bonds is 2. The Morgan fingerprint density at radius 1 is 1.59 bits per heavy atom. The third-order valence-corrected chi connectivity index (χ3v) is 4.87. The van der Waals surface area contributed by atoms with Crippen LogP contribution in [-0.2, 0) is 0 Å². The zero-order chi connectivity index (χ0) is 11.9. The van der Waals surface area contributed by atoms with Gasteiger partial charge in [0.2, 0.25) is 0 Å². The van der Waals surface area contributed by atoms with Crippen LogP contribution in [-0.4, -0.2) is 46.6 Å². The second-order valence-corrected chi connectivity index (χ2v) is 6.39. The number of nitrogens with zero attached hydrogens (tertiary/aromatic N) is 2. The van der Waals surface area contributed by atoms with Crippen molar-refractivity contribution in [1.29, 1.82) is 0 Å². The molecule has 3 rings (SSSR count). The highest BCUT2D eigenvalue weighted by atomic mass is 32.2. The van der Waals surface area contributed by atoms with Crippen molar-refractivity contribution in [1.82, 2.24) is 9.88 Å². The molecular formula is C12H15FN2OS. The lowest BCUT2D eigenvalue weighted by molar-refractivity contribution is 0.118. The van der Waals surface area contributed by atoms with Crippen molar-refractivity contribution in [3.05, 3.63) is 24.1 Å². The van der Waals surface area contributed by atoms with Gasteiger partial charge in [-0.25, -0.2) is 9.37 Å². The fourth-order valence-electron chi connectivity index (χ4n) is 2.65. The van der Waals surface area contributed by atoms with E-state index in [0.717, 1.165) is 25.3 Å². The minimum atomic E-state index is -0.371. The fourth-order valence-corrected chi connectivity index (χ4v) is 4.30. The quantitative estimate of drug-likeness (QED) is 0.803. The zero-order valence-corrected chi connectivity index (χ0v) is 10.5. The van der Waals surface area contributed by atoms with Gasteiger partial charge in [0.05, 0.1) is 0 Å². The van der Waals surface area contributed by atoms with Crippen molar-refractivity contribution in [2.24, 2.45) is 0 Å². The molecule has 2 aliphatic rings. The molecule has 0 aromatic carbocycles. The Bertz CT molecular complexity index is 423. The topological polar surface area (TPSA) is 25.4 Å². The maximum Gasteiger partial charge on any atom is 0.250 e. The number of ether oxygens (including phenoxy) is 1. The number of hydrogen-bond acceptors (Lipinski definition) is 4. The normalized spacial score (nSPS) is 27.1. The first-order valence-corrected chi connectivity index (χ1v) is 6.75. The van der Waals surface area contributed by atoms with Gasteiger partial charge in [0.25, 0.3) is 5.88 Å². The Labute approximate surface area is 104 Å². The largest absolute Gasteiger partial charge is 0.471 e. The van der Waals surface area contributed by atoms with Crippen molar-refractivity contribution in [2.75, 3.05) is 25.9 Å². The number of aromatic nitrogens is 1. The maximum absolute atomic E-state index is 13.4. The van der Waals surface area contributed by atoms with Crippen LogP contribution in [0.1, 0.15) is 6.42 Å². The van der Waals surface area contributed by atoms with E-state index in [1.165, 1.54) is 6.07 Å². The van der Waals surface area contributed by atoms with Gasteiger partial charge < -0.3 is 9.64 Å². The number of hydrogen-bond donors (Lipinski definition) is 0. The van der Waals surface area contributed by atoms with Gasteiger partial charge in [0.15, 0.2) is 5.82 Å². The van der Waals surface area contributed by atoms with Crippen LogP contribution in [0.4, 0.5) is 4.39 Å². The molecule has 2 aliphatic heterocycles. The van der Waals surface area contributed by atoms with Crippen LogP contribution >= 0.6 is 11.8 Å². The van der Waals surface area contributed by atoms with E-state index in [0.29, 0.717) is 4.75 Å². The average molecular weight is 254 g/mol. The zero-order valence-electron chi connectivity index (χ0n) is 9.73. The third-order valence-electron chi connectivity index (χ3n) is 3.29. The summed E-state index contributed by atoms with van der Waals surface area (Å²) in [6.07, 6.45) is 2.66. The number of halogens is 1. The highest BCUT2D eigenvalue weighted by Crippen LogP contribution is 2.45. The highest BCUT2D eigenvalue weighted by Gasteiger charge is 2.48. The summed E-state index contributed by atoms with van der Waals surface area (Å²) in [5.74, 6) is 0.705.